The van der Waals surface area contributed by atoms with Crippen molar-refractivity contribution in [3.63, 3.8) is 0 Å². The van der Waals surface area contributed by atoms with E-state index in [1.165, 1.54) is 12.5 Å². The minimum Gasteiger partial charge on any atom is -0.462 e. The molecule has 28 heavy (non-hydrogen) atoms. The molecule has 3 saturated carbocycles. The number of carbonyl (C=O) groups excluding carboxylic acids is 2. The highest BCUT2D eigenvalue weighted by Crippen LogP contribution is 2.66. The molecule has 0 radical (unpaired) electrons. The molecule has 0 aromatic rings. The molecule has 0 heterocycles. The number of fused-ring (bicyclic) bond motifs is 5. The standard InChI is InChI=1S/C23H32N2O3/c1-14(26)28-16-8-10-22(2)15(12-16)4-5-17-18-6-7-20(21(27)13-25-24)23(18,3)11-9-19(17)22/h4,13,16-20H,5-12H2,1-3H3/t16-,17-,18-,19-,20+,22-,23-/m0/s1. The summed E-state index contributed by atoms with van der Waals surface area (Å²) in [6, 6.07) is 0. The molecular formula is C23H32N2O3. The molecule has 0 aromatic heterocycles. The molecule has 0 aliphatic heterocycles. The van der Waals surface area contributed by atoms with Gasteiger partial charge in [0.1, 0.15) is 6.10 Å². The average molecular weight is 385 g/mol. The first-order chi connectivity index (χ1) is 13.3. The van der Waals surface area contributed by atoms with Gasteiger partial charge in [0.2, 0.25) is 5.78 Å². The molecule has 0 spiro atoms. The SMILES string of the molecule is CC(=O)O[C@H]1CC[C@@]2(C)C(=CC[C@H]3[C@@H]4CC[C@H](C(=O)C=[N+]=[N-])[C@@]4(C)CC[C@@H]32)C1. The number of carbonyl (C=O) groups is 2. The zero-order valence-corrected chi connectivity index (χ0v) is 17.3. The molecule has 3 fully saturated rings. The maximum Gasteiger partial charge on any atom is 0.323 e. The number of allylic oxidation sites excluding steroid dienone is 1. The molecule has 4 rings (SSSR count). The number of hydrogen-bond acceptors (Lipinski definition) is 3. The minimum atomic E-state index is -0.176. The predicted octanol–water partition coefficient (Wildman–Crippen LogP) is 4.37. The molecule has 7 atom stereocenters. The van der Waals surface area contributed by atoms with E-state index >= 15 is 0 Å². The quantitative estimate of drug-likeness (QED) is 0.238. The van der Waals surface area contributed by atoms with E-state index in [-0.39, 0.29) is 34.6 Å². The topological polar surface area (TPSA) is 79.8 Å². The van der Waals surface area contributed by atoms with E-state index in [1.54, 1.807) is 0 Å². The molecule has 0 N–H and O–H groups in total. The normalized spacial score (nSPS) is 44.2. The second-order valence-electron chi connectivity index (χ2n) is 10.1. The van der Waals surface area contributed by atoms with E-state index < -0.39 is 0 Å². The van der Waals surface area contributed by atoms with Crippen molar-refractivity contribution in [2.45, 2.75) is 78.2 Å². The van der Waals surface area contributed by atoms with Gasteiger partial charge in [0.25, 0.3) is 0 Å². The van der Waals surface area contributed by atoms with Crippen molar-refractivity contribution in [2.24, 2.45) is 34.5 Å². The van der Waals surface area contributed by atoms with Gasteiger partial charge in [-0.2, -0.15) is 4.79 Å². The van der Waals surface area contributed by atoms with Gasteiger partial charge in [-0.05, 0) is 73.5 Å². The molecule has 4 aliphatic carbocycles. The smallest absolute Gasteiger partial charge is 0.323 e. The van der Waals surface area contributed by atoms with Gasteiger partial charge >= 0.3 is 12.2 Å². The van der Waals surface area contributed by atoms with E-state index in [9.17, 15) is 9.59 Å². The Morgan fingerprint density at radius 3 is 2.68 bits per heavy atom. The third-order valence-corrected chi connectivity index (χ3v) is 8.92. The van der Waals surface area contributed by atoms with Crippen LogP contribution in [0.3, 0.4) is 0 Å². The summed E-state index contributed by atoms with van der Waals surface area (Å²) in [7, 11) is 0. The molecule has 0 aromatic carbocycles. The number of Topliss-reactive ketones (excluding diaryl/α,β-unsaturated/α-hetero) is 1. The lowest BCUT2D eigenvalue weighted by molar-refractivity contribution is -0.149. The van der Waals surface area contributed by atoms with Crippen molar-refractivity contribution in [2.75, 3.05) is 0 Å². The number of ketones is 1. The molecule has 5 nitrogen and oxygen atoms in total. The highest BCUT2D eigenvalue weighted by molar-refractivity contribution is 6.26. The van der Waals surface area contributed by atoms with E-state index in [2.05, 4.69) is 24.7 Å². The van der Waals surface area contributed by atoms with Gasteiger partial charge in [-0.1, -0.05) is 25.5 Å². The summed E-state index contributed by atoms with van der Waals surface area (Å²) in [5.41, 5.74) is 10.5. The Bertz CT molecular complexity index is 768. The van der Waals surface area contributed by atoms with Crippen molar-refractivity contribution in [1.82, 2.24) is 0 Å². The fourth-order valence-electron chi connectivity index (χ4n) is 7.58. The Morgan fingerprint density at radius 1 is 1.18 bits per heavy atom. The lowest BCUT2D eigenvalue weighted by Crippen LogP contribution is -2.51. The number of hydrogen-bond donors (Lipinski definition) is 0. The highest BCUT2D eigenvalue weighted by atomic mass is 16.5. The Balaban J connectivity index is 1.58. The number of rotatable bonds is 3. The summed E-state index contributed by atoms with van der Waals surface area (Å²) in [6.45, 7) is 6.23. The average Bonchev–Trinajstić information content (AvgIpc) is 2.99. The fourth-order valence-corrected chi connectivity index (χ4v) is 7.58. The van der Waals surface area contributed by atoms with Crippen LogP contribution in [-0.4, -0.2) is 28.9 Å². The van der Waals surface area contributed by atoms with Crippen LogP contribution in [0.25, 0.3) is 5.53 Å². The third kappa shape index (κ3) is 2.90. The van der Waals surface area contributed by atoms with E-state index in [1.807, 2.05) is 0 Å². The van der Waals surface area contributed by atoms with Crippen molar-refractivity contribution < 1.29 is 19.1 Å². The van der Waals surface area contributed by atoms with E-state index in [4.69, 9.17) is 10.3 Å². The zero-order chi connectivity index (χ0) is 20.1. The van der Waals surface area contributed by atoms with Gasteiger partial charge in [0.05, 0.1) is 0 Å². The molecule has 0 saturated heterocycles. The largest absolute Gasteiger partial charge is 0.462 e. The number of nitrogens with zero attached hydrogens (tertiary/aromatic N) is 2. The summed E-state index contributed by atoms with van der Waals surface area (Å²) >= 11 is 0. The van der Waals surface area contributed by atoms with E-state index in [0.717, 1.165) is 57.6 Å². The summed E-state index contributed by atoms with van der Waals surface area (Å²) in [4.78, 5) is 26.9. The third-order valence-electron chi connectivity index (χ3n) is 8.92. The van der Waals surface area contributed by atoms with Crippen molar-refractivity contribution in [1.29, 1.82) is 0 Å². The van der Waals surface area contributed by atoms with Gasteiger partial charge < -0.3 is 10.3 Å². The lowest BCUT2D eigenvalue weighted by atomic mass is 9.47. The Morgan fingerprint density at radius 2 is 1.96 bits per heavy atom. The van der Waals surface area contributed by atoms with Crippen LogP contribution >= 0.6 is 0 Å². The molecule has 0 bridgehead atoms. The molecule has 152 valence electrons. The van der Waals surface area contributed by atoms with Crippen LogP contribution < -0.4 is 0 Å². The predicted molar refractivity (Wildman–Crippen MR) is 105 cm³/mol. The first-order valence-corrected chi connectivity index (χ1v) is 10.9. The zero-order valence-electron chi connectivity index (χ0n) is 17.3. The molecule has 0 unspecified atom stereocenters. The molecular weight excluding hydrogens is 352 g/mol. The lowest BCUT2D eigenvalue weighted by Gasteiger charge is -2.57. The first kappa shape index (κ1) is 19.6. The van der Waals surface area contributed by atoms with Crippen molar-refractivity contribution in [3.05, 3.63) is 17.2 Å². The monoisotopic (exact) mass is 384 g/mol. The Kier molecular flexibility index (Phi) is 4.86. The van der Waals surface area contributed by atoms with Crippen molar-refractivity contribution in [3.8, 4) is 0 Å². The highest BCUT2D eigenvalue weighted by Gasteiger charge is 2.60. The molecule has 4 aliphatic rings. The second kappa shape index (κ2) is 6.95. The fraction of sp³-hybridized carbons (Fsp3) is 0.783. The summed E-state index contributed by atoms with van der Waals surface area (Å²) in [5.74, 6) is 1.65. The number of ether oxygens (including phenoxy) is 1. The van der Waals surface area contributed by atoms with Gasteiger partial charge in [0.15, 0.2) is 0 Å². The maximum absolute atomic E-state index is 12.5. The van der Waals surface area contributed by atoms with Crippen LogP contribution in [0.1, 0.15) is 72.1 Å². The molecule has 0 amide bonds. The van der Waals surface area contributed by atoms with Gasteiger partial charge in [-0.25, -0.2) is 0 Å². The van der Waals surface area contributed by atoms with Crippen LogP contribution in [0.4, 0.5) is 0 Å². The van der Waals surface area contributed by atoms with Crippen LogP contribution in [0.2, 0.25) is 0 Å². The van der Waals surface area contributed by atoms with Gasteiger partial charge in [0, 0.05) is 19.3 Å². The minimum absolute atomic E-state index is 0.00719. The number of esters is 1. The maximum atomic E-state index is 12.5. The van der Waals surface area contributed by atoms with Crippen molar-refractivity contribution >= 4 is 18.0 Å². The van der Waals surface area contributed by atoms with Crippen LogP contribution in [0, 0.1) is 34.5 Å². The summed E-state index contributed by atoms with van der Waals surface area (Å²) < 4.78 is 5.52. The van der Waals surface area contributed by atoms with E-state index in [0.29, 0.717) is 17.8 Å². The summed E-state index contributed by atoms with van der Waals surface area (Å²) in [5, 5.41) is 0. The first-order valence-electron chi connectivity index (χ1n) is 10.9. The molecule has 5 heteroatoms. The van der Waals surface area contributed by atoms with Crippen LogP contribution in [0.15, 0.2) is 11.6 Å². The van der Waals surface area contributed by atoms with Crippen LogP contribution in [-0.2, 0) is 14.3 Å². The summed E-state index contributed by atoms with van der Waals surface area (Å²) in [6.07, 6.45) is 11.8. The van der Waals surface area contributed by atoms with Gasteiger partial charge in [-0.15, -0.1) is 0 Å². The second-order valence-corrected chi connectivity index (χ2v) is 10.1. The van der Waals surface area contributed by atoms with Crippen LogP contribution in [0.5, 0.6) is 0 Å². The van der Waals surface area contributed by atoms with Gasteiger partial charge in [-0.3, -0.25) is 9.59 Å². The Hall–Kier alpha value is -1.74. The Labute approximate surface area is 167 Å².